The molecule has 0 spiro atoms. The van der Waals surface area contributed by atoms with E-state index < -0.39 is 5.54 Å². The van der Waals surface area contributed by atoms with Gasteiger partial charge in [0.25, 0.3) is 5.69 Å². The topological polar surface area (TPSA) is 97.6 Å². The van der Waals surface area contributed by atoms with Crippen molar-refractivity contribution in [3.8, 4) is 39.7 Å². The summed E-state index contributed by atoms with van der Waals surface area (Å²) in [6.45, 7) is 4.59. The molecule has 0 aliphatic rings. The minimum atomic E-state index is -0.828. The first-order valence-electron chi connectivity index (χ1n) is 19.0. The Labute approximate surface area is 327 Å². The summed E-state index contributed by atoms with van der Waals surface area (Å²) < 4.78 is 10.6. The Bertz CT molecular complexity index is 2430. The van der Waals surface area contributed by atoms with Crippen molar-refractivity contribution >= 4 is 0 Å². The second kappa shape index (κ2) is 15.8. The van der Waals surface area contributed by atoms with Crippen LogP contribution in [0.25, 0.3) is 33.9 Å². The molecule has 0 saturated carbocycles. The van der Waals surface area contributed by atoms with E-state index in [1.54, 1.807) is 20.1 Å². The minimum absolute atomic E-state index is 0.433. The van der Waals surface area contributed by atoms with Crippen LogP contribution in [0.4, 0.5) is 0 Å². The lowest BCUT2D eigenvalue weighted by atomic mass is 9.77. The summed E-state index contributed by atoms with van der Waals surface area (Å²) >= 11 is 0. The summed E-state index contributed by atoms with van der Waals surface area (Å²) in [5.74, 6) is 2.11. The van der Waals surface area contributed by atoms with Crippen molar-refractivity contribution in [2.75, 3.05) is 7.11 Å². The summed E-state index contributed by atoms with van der Waals surface area (Å²) in [4.78, 5) is 4.94. The third kappa shape index (κ3) is 6.72. The largest absolute Gasteiger partial charge is 0.618 e. The minimum Gasteiger partial charge on any atom is -0.618 e. The summed E-state index contributed by atoms with van der Waals surface area (Å²) in [5.41, 5.74) is 8.19. The van der Waals surface area contributed by atoms with E-state index in [4.69, 9.17) is 14.9 Å². The number of aromatic nitrogens is 7. The summed E-state index contributed by atoms with van der Waals surface area (Å²) in [7, 11) is 1.58. The Morgan fingerprint density at radius 3 is 1.80 bits per heavy atom. The molecule has 56 heavy (non-hydrogen) atoms. The van der Waals surface area contributed by atoms with Gasteiger partial charge in [-0.3, -0.25) is 0 Å². The van der Waals surface area contributed by atoms with Gasteiger partial charge in [0, 0.05) is 37.7 Å². The Morgan fingerprint density at radius 1 is 0.696 bits per heavy atom. The second-order valence-corrected chi connectivity index (χ2v) is 14.0. The first kappa shape index (κ1) is 36.1. The molecule has 8 aromatic rings. The van der Waals surface area contributed by atoms with Crippen molar-refractivity contribution in [1.82, 2.24) is 29.8 Å². The van der Waals surface area contributed by atoms with E-state index >= 15 is 0 Å². The molecule has 9 nitrogen and oxygen atoms in total. The van der Waals surface area contributed by atoms with Crippen molar-refractivity contribution in [1.29, 1.82) is 0 Å². The maximum atomic E-state index is 13.1. The highest BCUT2D eigenvalue weighted by Gasteiger charge is 2.41. The van der Waals surface area contributed by atoms with E-state index in [9.17, 15) is 5.21 Å². The predicted molar refractivity (Wildman–Crippen MR) is 219 cm³/mol. The number of ether oxygens (including phenoxy) is 1. The van der Waals surface area contributed by atoms with Crippen LogP contribution in [0, 0.1) is 12.1 Å². The highest BCUT2D eigenvalue weighted by atomic mass is 16.5. The average molecular weight is 738 g/mol. The number of rotatable bonds is 13. The lowest BCUT2D eigenvalue weighted by Crippen LogP contribution is -2.39. The standard InChI is InChI=1S/C47H43N7O2/c1-4-5-21-44-48-42(45-43(56-3)31-22-34(2)53(45)55)33-52(44)32-35-23-25-36(26-24-35)37-27-29-38(30-28-37)46-49-50-51-54(46)47(39-15-9-6-10-16-39,40-17-11-7-12-18-40)41-19-13-8-14-20-41/h6-20,22-31,33H,4-5,21,32H2,1-3H3. The number of hydrogen-bond acceptors (Lipinski definition) is 6. The number of aryl methyl sites for hydroxylation is 2. The van der Waals surface area contributed by atoms with Crippen LogP contribution in [0.3, 0.4) is 0 Å². The molecule has 0 unspecified atom stereocenters. The molecule has 8 rings (SSSR count). The smallest absolute Gasteiger partial charge is 0.286 e. The lowest BCUT2D eigenvalue weighted by Gasteiger charge is -2.36. The van der Waals surface area contributed by atoms with Gasteiger partial charge in [-0.15, -0.1) is 5.10 Å². The van der Waals surface area contributed by atoms with Crippen LogP contribution in [0.2, 0.25) is 0 Å². The van der Waals surface area contributed by atoms with Gasteiger partial charge in [0.2, 0.25) is 0 Å². The van der Waals surface area contributed by atoms with Crippen LogP contribution in [0.15, 0.2) is 158 Å². The molecule has 0 radical (unpaired) electrons. The van der Waals surface area contributed by atoms with Crippen LogP contribution in [0.1, 0.15) is 53.5 Å². The zero-order chi connectivity index (χ0) is 38.5. The maximum absolute atomic E-state index is 13.1. The average Bonchev–Trinajstić information content (AvgIpc) is 3.90. The molecule has 0 atom stereocenters. The Kier molecular flexibility index (Phi) is 10.2. The SMILES string of the molecule is CCCCc1nc(-c2c(OC)ccc(C)[n+]2[O-])cn1Cc1ccc(-c2ccc(-c3nnnn3C(c3ccccc3)(c3ccccc3)c3ccccc3)cc2)cc1. The van der Waals surface area contributed by atoms with Crippen molar-refractivity contribution < 1.29 is 9.47 Å². The second-order valence-electron chi connectivity index (χ2n) is 14.0. The molecule has 9 heteroatoms. The number of benzene rings is 5. The van der Waals surface area contributed by atoms with Crippen molar-refractivity contribution in [2.24, 2.45) is 0 Å². The van der Waals surface area contributed by atoms with E-state index in [2.05, 4.69) is 143 Å². The van der Waals surface area contributed by atoms with E-state index in [0.717, 1.165) is 68.8 Å². The summed E-state index contributed by atoms with van der Waals surface area (Å²) in [5, 5.41) is 26.7. The normalized spacial score (nSPS) is 11.5. The number of methoxy groups -OCH3 is 1. The quantitative estimate of drug-likeness (QED) is 0.0666. The highest BCUT2D eigenvalue weighted by Crippen LogP contribution is 2.42. The third-order valence-corrected chi connectivity index (χ3v) is 10.5. The van der Waals surface area contributed by atoms with Crippen molar-refractivity contribution in [3.63, 3.8) is 0 Å². The van der Waals surface area contributed by atoms with Crippen molar-refractivity contribution in [2.45, 2.75) is 45.2 Å². The van der Waals surface area contributed by atoms with Gasteiger partial charge >= 0.3 is 0 Å². The van der Waals surface area contributed by atoms with E-state index in [1.807, 2.05) is 35.1 Å². The Morgan fingerprint density at radius 2 is 1.25 bits per heavy atom. The number of hydrogen-bond donors (Lipinski definition) is 0. The van der Waals surface area contributed by atoms with Gasteiger partial charge in [-0.05, 0) is 56.3 Å². The molecule has 278 valence electrons. The fraction of sp³-hybridized carbons (Fsp3) is 0.170. The number of imidazole rings is 1. The van der Waals surface area contributed by atoms with Gasteiger partial charge in [0.05, 0.1) is 7.11 Å². The molecule has 0 aliphatic heterocycles. The van der Waals surface area contributed by atoms with Gasteiger partial charge in [0.1, 0.15) is 11.4 Å². The molecule has 0 N–H and O–H groups in total. The highest BCUT2D eigenvalue weighted by molar-refractivity contribution is 5.69. The fourth-order valence-corrected chi connectivity index (χ4v) is 7.56. The predicted octanol–water partition coefficient (Wildman–Crippen LogP) is 9.05. The lowest BCUT2D eigenvalue weighted by molar-refractivity contribution is -0.601. The Balaban J connectivity index is 1.10. The van der Waals surface area contributed by atoms with Gasteiger partial charge in [0.15, 0.2) is 23.0 Å². The molecule has 0 aliphatic carbocycles. The van der Waals surface area contributed by atoms with Gasteiger partial charge in [-0.2, -0.15) is 4.73 Å². The number of pyridine rings is 1. The van der Waals surface area contributed by atoms with Gasteiger partial charge in [-0.25, -0.2) is 9.67 Å². The molecule has 0 fully saturated rings. The van der Waals surface area contributed by atoms with E-state index in [1.165, 1.54) is 0 Å². The van der Waals surface area contributed by atoms with Crippen LogP contribution in [-0.2, 0) is 18.5 Å². The third-order valence-electron chi connectivity index (χ3n) is 10.5. The zero-order valence-corrected chi connectivity index (χ0v) is 31.8. The summed E-state index contributed by atoms with van der Waals surface area (Å²) in [6.07, 6.45) is 4.85. The van der Waals surface area contributed by atoms with Gasteiger partial charge in [-0.1, -0.05) is 153 Å². The molecule has 5 aromatic carbocycles. The van der Waals surface area contributed by atoms with Crippen molar-refractivity contribution in [3.05, 3.63) is 197 Å². The summed E-state index contributed by atoms with van der Waals surface area (Å²) in [6, 6.07) is 51.9. The molecular formula is C47H43N7O2. The van der Waals surface area contributed by atoms with Crippen LogP contribution < -0.4 is 9.47 Å². The molecule has 0 bridgehead atoms. The van der Waals surface area contributed by atoms with E-state index in [0.29, 0.717) is 35.2 Å². The number of unbranched alkanes of at least 4 members (excludes halogenated alkanes) is 1. The molecular weight excluding hydrogens is 695 g/mol. The van der Waals surface area contributed by atoms with E-state index in [-0.39, 0.29) is 0 Å². The maximum Gasteiger partial charge on any atom is 0.286 e. The Hall–Kier alpha value is -6.87. The number of tetrazole rings is 1. The van der Waals surface area contributed by atoms with Crippen LogP contribution >= 0.6 is 0 Å². The zero-order valence-electron chi connectivity index (χ0n) is 31.8. The molecule has 0 amide bonds. The van der Waals surface area contributed by atoms with Crippen LogP contribution in [-0.4, -0.2) is 36.9 Å². The number of nitrogens with zero attached hydrogens (tertiary/aromatic N) is 7. The fourth-order valence-electron chi connectivity index (χ4n) is 7.56. The van der Waals surface area contributed by atoms with Crippen LogP contribution in [0.5, 0.6) is 5.75 Å². The first-order chi connectivity index (χ1) is 27.5. The molecule has 3 heterocycles. The molecule has 0 saturated heterocycles. The molecule has 3 aromatic heterocycles. The first-order valence-corrected chi connectivity index (χ1v) is 19.0. The monoisotopic (exact) mass is 737 g/mol. The van der Waals surface area contributed by atoms with Gasteiger partial charge < -0.3 is 14.5 Å².